The van der Waals surface area contributed by atoms with Crippen LogP contribution in [0.25, 0.3) is 11.0 Å². The number of nitrogens with zero attached hydrogens (tertiary/aromatic N) is 1. The van der Waals surface area contributed by atoms with Gasteiger partial charge in [-0.05, 0) is 61.4 Å². The van der Waals surface area contributed by atoms with E-state index in [0.29, 0.717) is 11.5 Å². The van der Waals surface area contributed by atoms with E-state index >= 15 is 0 Å². The Morgan fingerprint density at radius 1 is 1.03 bits per heavy atom. The minimum Gasteiger partial charge on any atom is -0.352 e. The average molecular weight is 415 g/mol. The highest BCUT2D eigenvalue weighted by Crippen LogP contribution is 2.31. The third-order valence-corrected chi connectivity index (χ3v) is 5.89. The van der Waals surface area contributed by atoms with Gasteiger partial charge < -0.3 is 10.3 Å². The Bertz CT molecular complexity index is 969. The number of fused-ring (bicyclic) bond motifs is 1. The zero-order valence-electron chi connectivity index (χ0n) is 16.5. The number of benzene rings is 2. The lowest BCUT2D eigenvalue weighted by Gasteiger charge is -2.27. The number of hydrogen-bond acceptors (Lipinski definition) is 2. The summed E-state index contributed by atoms with van der Waals surface area (Å²) in [7, 11) is 0. The highest BCUT2D eigenvalue weighted by molar-refractivity contribution is 5.78. The van der Waals surface area contributed by atoms with Gasteiger partial charge in [-0.3, -0.25) is 4.79 Å². The van der Waals surface area contributed by atoms with Crippen LogP contribution in [0.1, 0.15) is 42.6 Å². The highest BCUT2D eigenvalue weighted by atomic mass is 19.4. The molecule has 0 radical (unpaired) electrons. The van der Waals surface area contributed by atoms with Crippen LogP contribution in [0.5, 0.6) is 0 Å². The van der Waals surface area contributed by atoms with Crippen molar-refractivity contribution in [3.8, 4) is 0 Å². The smallest absolute Gasteiger partial charge is 0.352 e. The second kappa shape index (κ2) is 8.50. The van der Waals surface area contributed by atoms with Gasteiger partial charge in [-0.1, -0.05) is 24.3 Å². The van der Waals surface area contributed by atoms with Gasteiger partial charge in [0.1, 0.15) is 5.82 Å². The molecule has 0 atom stereocenters. The molecule has 0 aliphatic heterocycles. The standard InChI is InChI=1S/C23H24F3N3O/c24-23(25,26)18-11-7-16(8-12-18)14-27-22(30)17-9-5-15(6-10-17)13-21-28-19-3-1-2-4-20(19)29-21/h1-4,7-8,11-12,15,17H,5-6,9-10,13-14H2,(H,27,30)(H,28,29)/t15-,17-. The molecule has 0 unspecified atom stereocenters. The van der Waals surface area contributed by atoms with Gasteiger partial charge in [-0.15, -0.1) is 0 Å². The second-order valence-electron chi connectivity index (χ2n) is 8.03. The number of H-pyrrole nitrogens is 1. The summed E-state index contributed by atoms with van der Waals surface area (Å²) in [5.41, 5.74) is 2.00. The van der Waals surface area contributed by atoms with Crippen LogP contribution in [0.2, 0.25) is 0 Å². The molecule has 1 fully saturated rings. The quantitative estimate of drug-likeness (QED) is 0.598. The molecule has 1 saturated carbocycles. The van der Waals surface area contributed by atoms with Gasteiger partial charge in [0, 0.05) is 18.9 Å². The second-order valence-corrected chi connectivity index (χ2v) is 8.03. The minimum atomic E-state index is -4.34. The molecule has 3 aromatic rings. The number of para-hydroxylation sites is 2. The summed E-state index contributed by atoms with van der Waals surface area (Å²) in [6, 6.07) is 12.9. The highest BCUT2D eigenvalue weighted by Gasteiger charge is 2.30. The fourth-order valence-corrected chi connectivity index (χ4v) is 4.15. The molecule has 1 aromatic heterocycles. The zero-order valence-corrected chi connectivity index (χ0v) is 16.5. The van der Waals surface area contributed by atoms with E-state index in [0.717, 1.165) is 61.1 Å². The summed E-state index contributed by atoms with van der Waals surface area (Å²) in [5, 5.41) is 2.87. The van der Waals surface area contributed by atoms with Crippen LogP contribution in [0.3, 0.4) is 0 Å². The summed E-state index contributed by atoms with van der Waals surface area (Å²) in [6.07, 6.45) is 0.121. The SMILES string of the molecule is O=C(NCc1ccc(C(F)(F)F)cc1)[C@H]1CC[C@H](Cc2nc3ccccc3[nH]2)CC1. The van der Waals surface area contributed by atoms with Crippen LogP contribution in [-0.2, 0) is 23.9 Å². The molecule has 0 saturated heterocycles. The number of rotatable bonds is 5. The molecule has 0 spiro atoms. The number of carbonyl (C=O) groups excluding carboxylic acids is 1. The Morgan fingerprint density at radius 2 is 1.73 bits per heavy atom. The van der Waals surface area contributed by atoms with Crippen molar-refractivity contribution in [1.82, 2.24) is 15.3 Å². The monoisotopic (exact) mass is 415 g/mol. The summed E-state index contributed by atoms with van der Waals surface area (Å²) in [5.74, 6) is 1.44. The summed E-state index contributed by atoms with van der Waals surface area (Å²) >= 11 is 0. The van der Waals surface area contributed by atoms with Gasteiger partial charge in [0.25, 0.3) is 0 Å². The molecule has 1 heterocycles. The van der Waals surface area contributed by atoms with Crippen LogP contribution >= 0.6 is 0 Å². The largest absolute Gasteiger partial charge is 0.416 e. The predicted molar refractivity (Wildman–Crippen MR) is 109 cm³/mol. The van der Waals surface area contributed by atoms with Crippen molar-refractivity contribution >= 4 is 16.9 Å². The van der Waals surface area contributed by atoms with Crippen molar-refractivity contribution in [3.05, 3.63) is 65.5 Å². The molecule has 7 heteroatoms. The van der Waals surface area contributed by atoms with Crippen molar-refractivity contribution in [2.75, 3.05) is 0 Å². The molecule has 30 heavy (non-hydrogen) atoms. The average Bonchev–Trinajstić information content (AvgIpc) is 3.14. The number of aromatic amines is 1. The Kier molecular flexibility index (Phi) is 5.79. The maximum absolute atomic E-state index is 12.6. The molecule has 2 N–H and O–H groups in total. The minimum absolute atomic E-state index is 0.0166. The topological polar surface area (TPSA) is 57.8 Å². The number of carbonyl (C=O) groups is 1. The lowest BCUT2D eigenvalue weighted by atomic mass is 9.80. The molecule has 4 rings (SSSR count). The van der Waals surface area contributed by atoms with Crippen LogP contribution in [0.4, 0.5) is 13.2 Å². The molecule has 158 valence electrons. The zero-order chi connectivity index (χ0) is 21.1. The maximum Gasteiger partial charge on any atom is 0.416 e. The fourth-order valence-electron chi connectivity index (χ4n) is 4.15. The number of alkyl halides is 3. The van der Waals surface area contributed by atoms with Gasteiger partial charge in [0.2, 0.25) is 5.91 Å². The number of nitrogens with one attached hydrogen (secondary N) is 2. The molecular weight excluding hydrogens is 391 g/mol. The van der Waals surface area contributed by atoms with E-state index in [1.165, 1.54) is 12.1 Å². The number of hydrogen-bond donors (Lipinski definition) is 2. The van der Waals surface area contributed by atoms with Crippen molar-refractivity contribution in [3.63, 3.8) is 0 Å². The van der Waals surface area contributed by atoms with E-state index in [4.69, 9.17) is 0 Å². The first-order valence-electron chi connectivity index (χ1n) is 10.3. The van der Waals surface area contributed by atoms with E-state index in [9.17, 15) is 18.0 Å². The molecule has 4 nitrogen and oxygen atoms in total. The Morgan fingerprint density at radius 3 is 2.40 bits per heavy atom. The normalized spacial score (nSPS) is 19.7. The van der Waals surface area contributed by atoms with Crippen molar-refractivity contribution in [2.24, 2.45) is 11.8 Å². The fraction of sp³-hybridized carbons (Fsp3) is 0.391. The first-order chi connectivity index (χ1) is 14.4. The molecule has 1 amide bonds. The van der Waals surface area contributed by atoms with Crippen molar-refractivity contribution < 1.29 is 18.0 Å². The number of halogens is 3. The summed E-state index contributed by atoms with van der Waals surface area (Å²) in [4.78, 5) is 20.5. The molecule has 2 aromatic carbocycles. The number of aromatic nitrogens is 2. The van der Waals surface area contributed by atoms with E-state index in [2.05, 4.69) is 15.3 Å². The lowest BCUT2D eigenvalue weighted by molar-refractivity contribution is -0.137. The van der Waals surface area contributed by atoms with Gasteiger partial charge in [0.15, 0.2) is 0 Å². The van der Waals surface area contributed by atoms with E-state index in [1.807, 2.05) is 24.3 Å². The Hall–Kier alpha value is -2.83. The molecule has 1 aliphatic carbocycles. The molecule has 0 bridgehead atoms. The maximum atomic E-state index is 12.6. The van der Waals surface area contributed by atoms with Crippen LogP contribution in [0.15, 0.2) is 48.5 Å². The summed E-state index contributed by atoms with van der Waals surface area (Å²) < 4.78 is 37.9. The van der Waals surface area contributed by atoms with Gasteiger partial charge in [0.05, 0.1) is 16.6 Å². The molecule has 1 aliphatic rings. The summed E-state index contributed by atoms with van der Waals surface area (Å²) in [6.45, 7) is 0.246. The number of amides is 1. The lowest BCUT2D eigenvalue weighted by Crippen LogP contribution is -2.33. The Labute approximate surface area is 172 Å². The number of imidazole rings is 1. The van der Waals surface area contributed by atoms with E-state index in [1.54, 1.807) is 0 Å². The van der Waals surface area contributed by atoms with Crippen molar-refractivity contribution in [1.29, 1.82) is 0 Å². The van der Waals surface area contributed by atoms with E-state index < -0.39 is 11.7 Å². The first kappa shape index (κ1) is 20.4. The van der Waals surface area contributed by atoms with Crippen LogP contribution in [-0.4, -0.2) is 15.9 Å². The third-order valence-electron chi connectivity index (χ3n) is 5.89. The van der Waals surface area contributed by atoms with E-state index in [-0.39, 0.29) is 18.4 Å². The third kappa shape index (κ3) is 4.83. The van der Waals surface area contributed by atoms with Gasteiger partial charge in [-0.2, -0.15) is 13.2 Å². The first-order valence-corrected chi connectivity index (χ1v) is 10.3. The van der Waals surface area contributed by atoms with Gasteiger partial charge in [-0.25, -0.2) is 4.98 Å². The van der Waals surface area contributed by atoms with Crippen LogP contribution in [0, 0.1) is 11.8 Å². The Balaban J connectivity index is 1.24. The predicted octanol–water partition coefficient (Wildman–Crippen LogP) is 5.25. The van der Waals surface area contributed by atoms with Gasteiger partial charge >= 0.3 is 6.18 Å². The van der Waals surface area contributed by atoms with Crippen molar-refractivity contribution in [2.45, 2.75) is 44.8 Å². The van der Waals surface area contributed by atoms with Crippen LogP contribution < -0.4 is 5.32 Å². The molecular formula is C23H24F3N3O.